The van der Waals surface area contributed by atoms with Crippen LogP contribution in [0.2, 0.25) is 5.28 Å². The zero-order chi connectivity index (χ0) is 34.7. The van der Waals surface area contributed by atoms with Crippen molar-refractivity contribution in [2.24, 2.45) is 0 Å². The SMILES string of the molecule is CC(C)N(CC(F)F)C(=O)c1cc(F)ccc1Oc1nnc(Cl)nc1N1CCC(Oc2ccnc3c2CN(C(=O)OC(C)(C)C)C3)CC1. The third-order valence-corrected chi connectivity index (χ3v) is 7.85. The summed E-state index contributed by atoms with van der Waals surface area (Å²) in [5.74, 6) is -0.888. The van der Waals surface area contributed by atoms with Crippen LogP contribution in [0.5, 0.6) is 17.4 Å². The van der Waals surface area contributed by atoms with Crippen molar-refractivity contribution in [3.05, 3.63) is 58.4 Å². The first-order valence-corrected chi connectivity index (χ1v) is 15.9. The predicted octanol–water partition coefficient (Wildman–Crippen LogP) is 6.27. The number of hydrogen-bond donors (Lipinski definition) is 0. The number of pyridine rings is 1. The van der Waals surface area contributed by atoms with Crippen molar-refractivity contribution >= 4 is 29.4 Å². The van der Waals surface area contributed by atoms with Crippen molar-refractivity contribution in [3.63, 3.8) is 0 Å². The van der Waals surface area contributed by atoms with Gasteiger partial charge in [-0.2, -0.15) is 4.98 Å². The summed E-state index contributed by atoms with van der Waals surface area (Å²) in [6.07, 6.45) is -0.571. The van der Waals surface area contributed by atoms with Crippen molar-refractivity contribution in [1.82, 2.24) is 30.0 Å². The van der Waals surface area contributed by atoms with Gasteiger partial charge < -0.3 is 24.0 Å². The van der Waals surface area contributed by atoms with E-state index in [-0.39, 0.29) is 34.4 Å². The fraction of sp³-hybridized carbons (Fsp3) is 0.500. The number of benzene rings is 1. The minimum Gasteiger partial charge on any atom is -0.490 e. The van der Waals surface area contributed by atoms with Crippen LogP contribution in [0.1, 0.15) is 69.1 Å². The molecule has 0 aliphatic carbocycles. The summed E-state index contributed by atoms with van der Waals surface area (Å²) in [5, 5.41) is 7.68. The second-order valence-electron chi connectivity index (χ2n) is 12.8. The van der Waals surface area contributed by atoms with Crippen LogP contribution in [0.3, 0.4) is 0 Å². The first-order valence-electron chi connectivity index (χ1n) is 15.5. The fourth-order valence-electron chi connectivity index (χ4n) is 5.43. The van der Waals surface area contributed by atoms with Crippen LogP contribution in [0, 0.1) is 5.82 Å². The van der Waals surface area contributed by atoms with Crippen molar-refractivity contribution < 1.29 is 37.0 Å². The van der Waals surface area contributed by atoms with Gasteiger partial charge in [-0.05, 0) is 70.5 Å². The first kappa shape index (κ1) is 34.9. The molecule has 0 saturated carbocycles. The lowest BCUT2D eigenvalue weighted by Gasteiger charge is -2.33. The number of piperidine rings is 1. The van der Waals surface area contributed by atoms with Gasteiger partial charge in [0, 0.05) is 43.7 Å². The molecule has 4 heterocycles. The summed E-state index contributed by atoms with van der Waals surface area (Å²) in [6.45, 7) is 9.34. The van der Waals surface area contributed by atoms with E-state index in [0.717, 1.165) is 28.3 Å². The van der Waals surface area contributed by atoms with Gasteiger partial charge in [0.25, 0.3) is 18.2 Å². The normalized spacial score (nSPS) is 15.1. The van der Waals surface area contributed by atoms with Gasteiger partial charge in [-0.25, -0.2) is 18.0 Å². The molecule has 0 N–H and O–H groups in total. The third-order valence-electron chi connectivity index (χ3n) is 7.69. The number of alkyl halides is 2. The molecule has 0 spiro atoms. The highest BCUT2D eigenvalue weighted by Crippen LogP contribution is 2.35. The van der Waals surface area contributed by atoms with Gasteiger partial charge in [-0.3, -0.25) is 14.7 Å². The molecule has 258 valence electrons. The Labute approximate surface area is 281 Å². The average molecular weight is 692 g/mol. The van der Waals surface area contributed by atoms with Crippen LogP contribution >= 0.6 is 11.6 Å². The lowest BCUT2D eigenvalue weighted by atomic mass is 10.1. The number of carbonyl (C=O) groups is 2. The molecule has 1 saturated heterocycles. The van der Waals surface area contributed by atoms with E-state index in [1.54, 1.807) is 31.0 Å². The summed E-state index contributed by atoms with van der Waals surface area (Å²) < 4.78 is 58.7. The van der Waals surface area contributed by atoms with Crippen LogP contribution in [0.15, 0.2) is 30.5 Å². The topological polar surface area (TPSA) is 123 Å². The van der Waals surface area contributed by atoms with Gasteiger partial charge in [-0.15, -0.1) is 10.2 Å². The molecule has 0 atom stereocenters. The second-order valence-corrected chi connectivity index (χ2v) is 13.1. The summed E-state index contributed by atoms with van der Waals surface area (Å²) in [4.78, 5) is 39.1. The van der Waals surface area contributed by atoms with Crippen LogP contribution in [0.4, 0.5) is 23.8 Å². The van der Waals surface area contributed by atoms with E-state index in [4.69, 9.17) is 25.8 Å². The highest BCUT2D eigenvalue weighted by atomic mass is 35.5. The fourth-order valence-corrected chi connectivity index (χ4v) is 5.55. The average Bonchev–Trinajstić information content (AvgIpc) is 3.47. The van der Waals surface area contributed by atoms with Crippen molar-refractivity contribution in [3.8, 4) is 17.4 Å². The molecule has 16 heteroatoms. The third kappa shape index (κ3) is 8.35. The molecule has 48 heavy (non-hydrogen) atoms. The molecule has 2 aliphatic rings. The predicted molar refractivity (Wildman–Crippen MR) is 169 cm³/mol. The largest absolute Gasteiger partial charge is 0.490 e. The molecule has 2 aliphatic heterocycles. The minimum atomic E-state index is -2.79. The Hall–Kier alpha value is -4.40. The van der Waals surface area contributed by atoms with Crippen molar-refractivity contribution in [2.75, 3.05) is 24.5 Å². The van der Waals surface area contributed by atoms with Gasteiger partial charge in [0.2, 0.25) is 5.28 Å². The number of nitrogens with zero attached hydrogens (tertiary/aromatic N) is 7. The summed E-state index contributed by atoms with van der Waals surface area (Å²) in [7, 11) is 0. The van der Waals surface area contributed by atoms with Gasteiger partial charge in [0.1, 0.15) is 29.0 Å². The van der Waals surface area contributed by atoms with E-state index in [1.165, 1.54) is 6.07 Å². The van der Waals surface area contributed by atoms with Gasteiger partial charge in [0.15, 0.2) is 5.82 Å². The number of hydrogen-bond acceptors (Lipinski definition) is 10. The highest BCUT2D eigenvalue weighted by molar-refractivity contribution is 6.28. The Morgan fingerprint density at radius 1 is 1.08 bits per heavy atom. The molecule has 3 aromatic rings. The molecule has 5 rings (SSSR count). The maximum absolute atomic E-state index is 14.3. The van der Waals surface area contributed by atoms with E-state index in [9.17, 15) is 22.8 Å². The van der Waals surface area contributed by atoms with Gasteiger partial charge >= 0.3 is 6.09 Å². The Kier molecular flexibility index (Phi) is 10.5. The Morgan fingerprint density at radius 2 is 1.81 bits per heavy atom. The zero-order valence-corrected chi connectivity index (χ0v) is 28.0. The number of aromatic nitrogens is 4. The molecule has 0 unspecified atom stereocenters. The van der Waals surface area contributed by atoms with E-state index in [2.05, 4.69) is 20.2 Å². The molecule has 2 aromatic heterocycles. The molecular weight excluding hydrogens is 655 g/mol. The number of rotatable bonds is 9. The van der Waals surface area contributed by atoms with Crippen molar-refractivity contribution in [2.45, 2.75) is 84.7 Å². The Bertz CT molecular complexity index is 1650. The first-order chi connectivity index (χ1) is 22.7. The number of ether oxygens (including phenoxy) is 3. The van der Waals surface area contributed by atoms with E-state index in [1.807, 2.05) is 25.7 Å². The van der Waals surface area contributed by atoms with Gasteiger partial charge in [0.05, 0.1) is 30.9 Å². The number of carbonyl (C=O) groups excluding carboxylic acids is 2. The monoisotopic (exact) mass is 691 g/mol. The lowest BCUT2D eigenvalue weighted by molar-refractivity contribution is 0.0239. The smallest absolute Gasteiger partial charge is 0.410 e. The van der Waals surface area contributed by atoms with E-state index < -0.39 is 42.4 Å². The van der Waals surface area contributed by atoms with Crippen molar-refractivity contribution in [1.29, 1.82) is 0 Å². The summed E-state index contributed by atoms with van der Waals surface area (Å²) in [6, 6.07) is 4.44. The molecule has 12 nitrogen and oxygen atoms in total. The maximum atomic E-state index is 14.3. The second kappa shape index (κ2) is 14.4. The van der Waals surface area contributed by atoms with Crippen LogP contribution in [-0.4, -0.2) is 85.8 Å². The molecular formula is C32H37ClF3N7O5. The Balaban J connectivity index is 1.29. The highest BCUT2D eigenvalue weighted by Gasteiger charge is 2.33. The lowest BCUT2D eigenvalue weighted by Crippen LogP contribution is -2.40. The molecule has 0 radical (unpaired) electrons. The minimum absolute atomic E-state index is 0.0985. The standard InChI is InChI=1S/C32H37ClF3N7O5/c1-18(2)43(17-26(35)36)29(44)21-14-19(34)6-7-24(21)47-28-27(38-30(33)40-39-28)41-12-9-20(10-13-41)46-25-8-11-37-23-16-42(15-22(23)25)31(45)48-32(3,4)5/h6-8,11,14,18,20,26H,9-10,12-13,15-17H2,1-5H3. The number of anilines is 1. The molecule has 2 amide bonds. The molecule has 0 bridgehead atoms. The van der Waals surface area contributed by atoms with Gasteiger partial charge in [-0.1, -0.05) is 0 Å². The summed E-state index contributed by atoms with van der Waals surface area (Å²) in [5.41, 5.74) is 0.714. The number of amides is 2. The number of fused-ring (bicyclic) bond motifs is 1. The van der Waals surface area contributed by atoms with Crippen LogP contribution < -0.4 is 14.4 Å². The Morgan fingerprint density at radius 3 is 2.48 bits per heavy atom. The zero-order valence-electron chi connectivity index (χ0n) is 27.3. The van der Waals surface area contributed by atoms with Crippen LogP contribution in [-0.2, 0) is 17.8 Å². The molecule has 1 fully saturated rings. The number of halogens is 4. The summed E-state index contributed by atoms with van der Waals surface area (Å²) >= 11 is 6.11. The quantitative estimate of drug-likeness (QED) is 0.254. The molecule has 1 aromatic carbocycles. The van der Waals surface area contributed by atoms with Crippen LogP contribution in [0.25, 0.3) is 0 Å². The van der Waals surface area contributed by atoms with E-state index >= 15 is 0 Å². The maximum Gasteiger partial charge on any atom is 0.410 e. The van der Waals surface area contributed by atoms with E-state index in [0.29, 0.717) is 44.8 Å².